The predicted molar refractivity (Wildman–Crippen MR) is 76.7 cm³/mol. The van der Waals surface area contributed by atoms with Crippen LogP contribution in [-0.2, 0) is 17.6 Å². The van der Waals surface area contributed by atoms with E-state index >= 15 is 0 Å². The van der Waals surface area contributed by atoms with E-state index in [1.807, 2.05) is 19.9 Å². The Morgan fingerprint density at radius 1 is 1.40 bits per heavy atom. The van der Waals surface area contributed by atoms with Crippen molar-refractivity contribution in [1.29, 1.82) is 0 Å². The van der Waals surface area contributed by atoms with Gasteiger partial charge >= 0.3 is 5.97 Å². The molecule has 2 aromatic heterocycles. The van der Waals surface area contributed by atoms with Crippen LogP contribution >= 0.6 is 11.3 Å². The molecule has 0 amide bonds. The van der Waals surface area contributed by atoms with Crippen molar-refractivity contribution in [2.75, 3.05) is 0 Å². The molecule has 0 aliphatic carbocycles. The molecule has 0 atom stereocenters. The van der Waals surface area contributed by atoms with Crippen LogP contribution < -0.4 is 0 Å². The van der Waals surface area contributed by atoms with Crippen molar-refractivity contribution in [2.45, 2.75) is 40.0 Å². The molecule has 0 bridgehead atoms. The Kier molecular flexibility index (Phi) is 4.23. The summed E-state index contributed by atoms with van der Waals surface area (Å²) in [5, 5.41) is 16.9. The molecule has 1 N–H and O–H groups in total. The second-order valence-corrected chi connectivity index (χ2v) is 6.70. The Hall–Kier alpha value is -1.69. The number of nitrogens with zero attached hydrogens (tertiary/aromatic N) is 2. The first kappa shape index (κ1) is 14.7. The standard InChI is InChI=1S/C14H18N2O3S/c1-4-9-5-6-10(20-9)13-16-15-11(19-13)7-14(2,3)8-12(17)18/h5-6H,4,7-8H2,1-3H3,(H,17,18). The molecular weight excluding hydrogens is 276 g/mol. The van der Waals surface area contributed by atoms with Gasteiger partial charge in [0, 0.05) is 11.3 Å². The highest BCUT2D eigenvalue weighted by molar-refractivity contribution is 7.15. The third-order valence-corrected chi connectivity index (χ3v) is 4.16. The van der Waals surface area contributed by atoms with Gasteiger partial charge in [-0.3, -0.25) is 4.79 Å². The molecule has 0 aliphatic heterocycles. The summed E-state index contributed by atoms with van der Waals surface area (Å²) in [5.74, 6) is 0.175. The molecule has 0 aromatic carbocycles. The van der Waals surface area contributed by atoms with Crippen LogP contribution in [0.15, 0.2) is 16.5 Å². The minimum Gasteiger partial charge on any atom is -0.481 e. The van der Waals surface area contributed by atoms with Crippen LogP contribution in [-0.4, -0.2) is 21.3 Å². The Balaban J connectivity index is 2.11. The summed E-state index contributed by atoms with van der Waals surface area (Å²) in [6, 6.07) is 4.03. The summed E-state index contributed by atoms with van der Waals surface area (Å²) < 4.78 is 5.64. The van der Waals surface area contributed by atoms with Gasteiger partial charge in [0.2, 0.25) is 5.89 Å². The Bertz CT molecular complexity index is 601. The largest absolute Gasteiger partial charge is 0.481 e. The van der Waals surface area contributed by atoms with Gasteiger partial charge in [0.1, 0.15) is 0 Å². The normalized spacial score (nSPS) is 11.8. The van der Waals surface area contributed by atoms with Gasteiger partial charge in [-0.15, -0.1) is 21.5 Å². The number of hydrogen-bond acceptors (Lipinski definition) is 5. The average Bonchev–Trinajstić information content (AvgIpc) is 2.94. The Morgan fingerprint density at radius 2 is 2.15 bits per heavy atom. The maximum absolute atomic E-state index is 10.8. The number of carbonyl (C=O) groups is 1. The second-order valence-electron chi connectivity index (χ2n) is 5.53. The summed E-state index contributed by atoms with van der Waals surface area (Å²) >= 11 is 1.64. The molecule has 20 heavy (non-hydrogen) atoms. The van der Waals surface area contributed by atoms with Crippen molar-refractivity contribution in [3.8, 4) is 10.8 Å². The summed E-state index contributed by atoms with van der Waals surface area (Å²) in [6.07, 6.45) is 1.51. The van der Waals surface area contributed by atoms with E-state index in [0.717, 1.165) is 11.3 Å². The molecule has 0 unspecified atom stereocenters. The first-order valence-electron chi connectivity index (χ1n) is 6.53. The van der Waals surface area contributed by atoms with E-state index in [4.69, 9.17) is 9.52 Å². The van der Waals surface area contributed by atoms with Crippen LogP contribution in [0.5, 0.6) is 0 Å². The number of carboxylic acid groups (broad SMARTS) is 1. The van der Waals surface area contributed by atoms with Crippen LogP contribution in [0.3, 0.4) is 0 Å². The number of carboxylic acids is 1. The third kappa shape index (κ3) is 3.66. The molecule has 5 nitrogen and oxygen atoms in total. The Morgan fingerprint density at radius 3 is 2.75 bits per heavy atom. The summed E-state index contributed by atoms with van der Waals surface area (Å²) in [5.41, 5.74) is -0.403. The average molecular weight is 294 g/mol. The van der Waals surface area contributed by atoms with Crippen molar-refractivity contribution in [3.05, 3.63) is 22.9 Å². The highest BCUT2D eigenvalue weighted by atomic mass is 32.1. The van der Waals surface area contributed by atoms with Gasteiger partial charge in [0.25, 0.3) is 5.89 Å². The number of rotatable bonds is 6. The van der Waals surface area contributed by atoms with E-state index in [-0.39, 0.29) is 6.42 Å². The molecule has 0 aliphatic rings. The maximum atomic E-state index is 10.8. The monoisotopic (exact) mass is 294 g/mol. The minimum absolute atomic E-state index is 0.0731. The van der Waals surface area contributed by atoms with E-state index in [1.54, 1.807) is 11.3 Å². The molecule has 108 valence electrons. The van der Waals surface area contributed by atoms with Crippen molar-refractivity contribution in [2.24, 2.45) is 5.41 Å². The van der Waals surface area contributed by atoms with Gasteiger partial charge < -0.3 is 9.52 Å². The number of aromatic nitrogens is 2. The molecule has 0 radical (unpaired) electrons. The molecule has 6 heteroatoms. The quantitative estimate of drug-likeness (QED) is 0.883. The zero-order valence-electron chi connectivity index (χ0n) is 11.8. The third-order valence-electron chi connectivity index (χ3n) is 2.95. The van der Waals surface area contributed by atoms with Crippen LogP contribution in [0.25, 0.3) is 10.8 Å². The van der Waals surface area contributed by atoms with Crippen LogP contribution in [0, 0.1) is 5.41 Å². The predicted octanol–water partition coefficient (Wildman–Crippen LogP) is 3.40. The number of thiophene rings is 1. The van der Waals surface area contributed by atoms with Gasteiger partial charge in [-0.2, -0.15) is 0 Å². The molecule has 0 fully saturated rings. The lowest BCUT2D eigenvalue weighted by molar-refractivity contribution is -0.139. The zero-order valence-corrected chi connectivity index (χ0v) is 12.7. The first-order chi connectivity index (χ1) is 9.39. The highest BCUT2D eigenvalue weighted by Gasteiger charge is 2.25. The van der Waals surface area contributed by atoms with Crippen LogP contribution in [0.4, 0.5) is 0 Å². The summed E-state index contributed by atoms with van der Waals surface area (Å²) in [4.78, 5) is 13.0. The number of aliphatic carboxylic acids is 1. The zero-order chi connectivity index (χ0) is 14.8. The van der Waals surface area contributed by atoms with E-state index in [9.17, 15) is 4.79 Å². The van der Waals surface area contributed by atoms with Gasteiger partial charge in [-0.05, 0) is 24.0 Å². The number of hydrogen-bond donors (Lipinski definition) is 1. The first-order valence-corrected chi connectivity index (χ1v) is 7.34. The van der Waals surface area contributed by atoms with Crippen LogP contribution in [0.1, 0.15) is 38.0 Å². The minimum atomic E-state index is -0.819. The van der Waals surface area contributed by atoms with E-state index in [0.29, 0.717) is 18.2 Å². The lowest BCUT2D eigenvalue weighted by atomic mass is 9.86. The van der Waals surface area contributed by atoms with Gasteiger partial charge in [0.15, 0.2) is 0 Å². The lowest BCUT2D eigenvalue weighted by Gasteiger charge is -2.19. The molecule has 2 aromatic rings. The summed E-state index contributed by atoms with van der Waals surface area (Å²) in [6.45, 7) is 5.86. The SMILES string of the molecule is CCc1ccc(-c2nnc(CC(C)(C)CC(=O)O)o2)s1. The molecule has 0 spiro atoms. The fourth-order valence-electron chi connectivity index (χ4n) is 1.99. The molecule has 0 saturated carbocycles. The summed E-state index contributed by atoms with van der Waals surface area (Å²) in [7, 11) is 0. The van der Waals surface area contributed by atoms with E-state index in [2.05, 4.69) is 23.2 Å². The van der Waals surface area contributed by atoms with Crippen molar-refractivity contribution in [3.63, 3.8) is 0 Å². The topological polar surface area (TPSA) is 76.2 Å². The van der Waals surface area contributed by atoms with Crippen molar-refractivity contribution < 1.29 is 14.3 Å². The van der Waals surface area contributed by atoms with E-state index in [1.165, 1.54) is 4.88 Å². The van der Waals surface area contributed by atoms with Gasteiger partial charge in [-0.1, -0.05) is 20.8 Å². The smallest absolute Gasteiger partial charge is 0.303 e. The highest BCUT2D eigenvalue weighted by Crippen LogP contribution is 2.30. The lowest BCUT2D eigenvalue weighted by Crippen LogP contribution is -2.19. The number of aryl methyl sites for hydroxylation is 1. The fraction of sp³-hybridized carbons (Fsp3) is 0.500. The maximum Gasteiger partial charge on any atom is 0.303 e. The molecule has 0 saturated heterocycles. The second kappa shape index (κ2) is 5.75. The molecule has 2 heterocycles. The molecular formula is C14H18N2O3S. The van der Waals surface area contributed by atoms with Crippen LogP contribution in [0.2, 0.25) is 0 Å². The van der Waals surface area contributed by atoms with Gasteiger partial charge in [0.05, 0.1) is 11.3 Å². The van der Waals surface area contributed by atoms with E-state index < -0.39 is 11.4 Å². The fourth-order valence-corrected chi connectivity index (χ4v) is 2.86. The molecule has 2 rings (SSSR count). The Labute approximate surface area is 121 Å². The van der Waals surface area contributed by atoms with Crippen molar-refractivity contribution in [1.82, 2.24) is 10.2 Å². The van der Waals surface area contributed by atoms with Crippen molar-refractivity contribution >= 4 is 17.3 Å². The van der Waals surface area contributed by atoms with Gasteiger partial charge in [-0.25, -0.2) is 0 Å².